The lowest BCUT2D eigenvalue weighted by atomic mass is 9.87. The lowest BCUT2D eigenvalue weighted by Gasteiger charge is -2.28. The number of thiophene rings is 1. The lowest BCUT2D eigenvalue weighted by Crippen LogP contribution is -2.36. The first kappa shape index (κ1) is 18.6. The zero-order chi connectivity index (χ0) is 19.0. The van der Waals surface area contributed by atoms with Crippen LogP contribution < -0.4 is 10.2 Å². The monoisotopic (exact) mass is 421 g/mol. The molecule has 2 aromatic rings. The molecule has 0 saturated carbocycles. The molecule has 1 atom stereocenters. The number of benzene rings is 1. The van der Waals surface area contributed by atoms with E-state index in [0.29, 0.717) is 59.8 Å². The van der Waals surface area contributed by atoms with Crippen LogP contribution in [0.5, 0.6) is 0 Å². The number of morpholine rings is 1. The molecule has 1 N–H and O–H groups in total. The van der Waals surface area contributed by atoms with Crippen LogP contribution in [0.4, 0.5) is 5.00 Å². The van der Waals surface area contributed by atoms with Crippen LogP contribution in [0.25, 0.3) is 0 Å². The minimum atomic E-state index is -0.117. The van der Waals surface area contributed by atoms with Gasteiger partial charge in [0.2, 0.25) is 0 Å². The molecule has 0 aliphatic carbocycles. The highest BCUT2D eigenvalue weighted by Gasteiger charge is 2.33. The fraction of sp³-hybridized carbons (Fsp3) is 0.368. The van der Waals surface area contributed by atoms with Gasteiger partial charge in [0, 0.05) is 31.1 Å². The average molecular weight is 422 g/mol. The summed E-state index contributed by atoms with van der Waals surface area (Å²) >= 11 is 13.7. The van der Waals surface area contributed by atoms with Gasteiger partial charge >= 0.3 is 0 Å². The van der Waals surface area contributed by atoms with Gasteiger partial charge in [0.15, 0.2) is 0 Å². The fourth-order valence-corrected chi connectivity index (χ4v) is 5.24. The van der Waals surface area contributed by atoms with Crippen LogP contribution in [-0.2, 0) is 4.74 Å². The number of anilines is 1. The Kier molecular flexibility index (Phi) is 5.29. The number of nitriles is 1. The maximum Gasteiger partial charge on any atom is 0.261 e. The Morgan fingerprint density at radius 1 is 1.26 bits per heavy atom. The van der Waals surface area contributed by atoms with Gasteiger partial charge in [-0.15, -0.1) is 11.3 Å². The van der Waals surface area contributed by atoms with Crippen LogP contribution in [0.3, 0.4) is 0 Å². The van der Waals surface area contributed by atoms with E-state index in [1.165, 1.54) is 11.3 Å². The van der Waals surface area contributed by atoms with Crippen LogP contribution in [0, 0.1) is 11.3 Å². The van der Waals surface area contributed by atoms with E-state index in [2.05, 4.69) is 16.3 Å². The standard InChI is InChI=1S/C19H17Cl2N3O2S/c20-14-2-1-11(9-15(14)21)12-3-4-23-18(25)17-16(12)13(10-22)19(27-17)24-5-7-26-8-6-24/h1-2,9,12H,3-8H2,(H,23,25). The number of fused-ring (bicyclic) bond motifs is 1. The van der Waals surface area contributed by atoms with Crippen LogP contribution in [0.15, 0.2) is 18.2 Å². The SMILES string of the molecule is N#Cc1c(N2CCOCC2)sc2c1C(c1ccc(Cl)c(Cl)c1)CCNC2=O. The van der Waals surface area contributed by atoms with Gasteiger partial charge in [0.05, 0.1) is 33.7 Å². The van der Waals surface area contributed by atoms with Crippen LogP contribution in [-0.4, -0.2) is 38.8 Å². The summed E-state index contributed by atoms with van der Waals surface area (Å²) in [5, 5.41) is 14.7. The number of nitrogens with zero attached hydrogens (tertiary/aromatic N) is 2. The predicted octanol–water partition coefficient (Wildman–Crippen LogP) is 4.03. The van der Waals surface area contributed by atoms with E-state index in [1.54, 1.807) is 6.07 Å². The summed E-state index contributed by atoms with van der Waals surface area (Å²) in [7, 11) is 0. The van der Waals surface area contributed by atoms with Gasteiger partial charge in [0.1, 0.15) is 11.1 Å². The molecule has 3 heterocycles. The third-order valence-corrected chi connectivity index (χ3v) is 6.96. The number of amides is 1. The molecule has 5 nitrogen and oxygen atoms in total. The number of rotatable bonds is 2. The van der Waals surface area contributed by atoms with Gasteiger partial charge in [-0.05, 0) is 24.1 Å². The second-order valence-electron chi connectivity index (χ2n) is 6.51. The first-order chi connectivity index (χ1) is 13.1. The zero-order valence-electron chi connectivity index (χ0n) is 14.4. The molecule has 1 fully saturated rings. The molecule has 1 amide bonds. The van der Waals surface area contributed by atoms with E-state index in [0.717, 1.165) is 16.1 Å². The first-order valence-electron chi connectivity index (χ1n) is 8.72. The summed E-state index contributed by atoms with van der Waals surface area (Å²) in [4.78, 5) is 15.4. The molecule has 1 unspecified atom stereocenters. The van der Waals surface area contributed by atoms with Crippen molar-refractivity contribution < 1.29 is 9.53 Å². The van der Waals surface area contributed by atoms with Gasteiger partial charge in [-0.1, -0.05) is 29.3 Å². The topological polar surface area (TPSA) is 65.4 Å². The van der Waals surface area contributed by atoms with Crippen molar-refractivity contribution >= 4 is 45.4 Å². The van der Waals surface area contributed by atoms with Crippen molar-refractivity contribution in [3.63, 3.8) is 0 Å². The molecule has 1 aromatic carbocycles. The number of nitrogens with one attached hydrogen (secondary N) is 1. The molecule has 2 aliphatic rings. The Labute approximate surface area is 171 Å². The van der Waals surface area contributed by atoms with Gasteiger partial charge in [0.25, 0.3) is 5.91 Å². The number of carbonyl (C=O) groups is 1. The van der Waals surface area contributed by atoms with Crippen molar-refractivity contribution in [3.05, 3.63) is 49.8 Å². The summed E-state index contributed by atoms with van der Waals surface area (Å²) in [6.45, 7) is 3.22. The quantitative estimate of drug-likeness (QED) is 0.794. The van der Waals surface area contributed by atoms with Crippen molar-refractivity contribution in [1.29, 1.82) is 5.26 Å². The zero-order valence-corrected chi connectivity index (χ0v) is 16.8. The van der Waals surface area contributed by atoms with Crippen LogP contribution in [0.1, 0.15) is 38.7 Å². The summed E-state index contributed by atoms with van der Waals surface area (Å²) in [6.07, 6.45) is 0.699. The molecule has 27 heavy (non-hydrogen) atoms. The predicted molar refractivity (Wildman–Crippen MR) is 107 cm³/mol. The summed E-state index contributed by atoms with van der Waals surface area (Å²) in [6, 6.07) is 7.89. The Bertz CT molecular complexity index is 932. The van der Waals surface area contributed by atoms with Crippen molar-refractivity contribution in [2.24, 2.45) is 0 Å². The highest BCUT2D eigenvalue weighted by molar-refractivity contribution is 7.18. The van der Waals surface area contributed by atoms with E-state index in [4.69, 9.17) is 27.9 Å². The minimum Gasteiger partial charge on any atom is -0.378 e. The van der Waals surface area contributed by atoms with E-state index in [9.17, 15) is 10.1 Å². The van der Waals surface area contributed by atoms with Gasteiger partial charge < -0.3 is 15.0 Å². The van der Waals surface area contributed by atoms with Crippen molar-refractivity contribution in [2.75, 3.05) is 37.7 Å². The number of ether oxygens (including phenoxy) is 1. The summed E-state index contributed by atoms with van der Waals surface area (Å²) in [5.74, 6) is -0.206. The number of halogens is 2. The fourth-order valence-electron chi connectivity index (χ4n) is 3.65. The number of hydrogen-bond acceptors (Lipinski definition) is 5. The lowest BCUT2D eigenvalue weighted by molar-refractivity contribution is 0.0960. The molecule has 140 valence electrons. The maximum atomic E-state index is 12.7. The molecule has 2 aliphatic heterocycles. The molecular weight excluding hydrogens is 405 g/mol. The number of carbonyl (C=O) groups excluding carboxylic acids is 1. The minimum absolute atomic E-state index is 0.0885. The molecule has 1 aromatic heterocycles. The van der Waals surface area contributed by atoms with E-state index < -0.39 is 0 Å². The third-order valence-electron chi connectivity index (χ3n) is 4.96. The second kappa shape index (κ2) is 7.69. The maximum absolute atomic E-state index is 12.7. The second-order valence-corrected chi connectivity index (χ2v) is 8.32. The summed E-state index contributed by atoms with van der Waals surface area (Å²) in [5.41, 5.74) is 2.35. The van der Waals surface area contributed by atoms with Gasteiger partial charge in [-0.25, -0.2) is 0 Å². The Morgan fingerprint density at radius 3 is 2.74 bits per heavy atom. The highest BCUT2D eigenvalue weighted by Crippen LogP contribution is 2.45. The molecule has 4 rings (SSSR count). The van der Waals surface area contributed by atoms with E-state index in [1.807, 2.05) is 12.1 Å². The van der Waals surface area contributed by atoms with Gasteiger partial charge in [-0.2, -0.15) is 5.26 Å². The largest absolute Gasteiger partial charge is 0.378 e. The van der Waals surface area contributed by atoms with Crippen molar-refractivity contribution in [1.82, 2.24) is 5.32 Å². The van der Waals surface area contributed by atoms with E-state index >= 15 is 0 Å². The molecular formula is C19H17Cl2N3O2S. The molecule has 8 heteroatoms. The Balaban J connectivity index is 1.86. The Morgan fingerprint density at radius 2 is 2.04 bits per heavy atom. The normalized spacial score (nSPS) is 19.8. The Hall–Kier alpha value is -1.78. The van der Waals surface area contributed by atoms with Crippen LogP contribution >= 0.6 is 34.5 Å². The third kappa shape index (κ3) is 3.41. The molecule has 0 spiro atoms. The highest BCUT2D eigenvalue weighted by atomic mass is 35.5. The van der Waals surface area contributed by atoms with Crippen LogP contribution in [0.2, 0.25) is 10.0 Å². The summed E-state index contributed by atoms with van der Waals surface area (Å²) < 4.78 is 5.43. The van der Waals surface area contributed by atoms with E-state index in [-0.39, 0.29) is 11.8 Å². The number of hydrogen-bond donors (Lipinski definition) is 1. The molecule has 0 bridgehead atoms. The first-order valence-corrected chi connectivity index (χ1v) is 10.3. The van der Waals surface area contributed by atoms with Gasteiger partial charge in [-0.3, -0.25) is 4.79 Å². The van der Waals surface area contributed by atoms with Crippen molar-refractivity contribution in [3.8, 4) is 6.07 Å². The molecule has 1 saturated heterocycles. The molecule has 0 radical (unpaired) electrons. The smallest absolute Gasteiger partial charge is 0.261 e. The van der Waals surface area contributed by atoms with Crippen molar-refractivity contribution in [2.45, 2.75) is 12.3 Å². The average Bonchev–Trinajstić information content (AvgIpc) is 2.99.